The summed E-state index contributed by atoms with van der Waals surface area (Å²) in [5.74, 6) is 2.48. The normalized spacial score (nSPS) is 18.6. The minimum atomic E-state index is -0.482. The minimum Gasteiger partial charge on any atom is -0.457 e. The second kappa shape index (κ2) is 10.6. The number of para-hydroxylation sites is 1. The first kappa shape index (κ1) is 24.7. The standard InChI is InChI=1S/C28H33N7O2/c1-17(2)24(29)28(36)32-19-10-12-20(13-11-19)35-27-23(16-31-35)25(30)33-26(34-27)18-8-14-22(15-9-18)37-21-6-4-3-5-7-21/h3-9,14-17,19-20,24H,10-13,29H2,1-2H3,(H,32,36)(H2,30,33,34)/t19?,20?,24-/m1/s1. The van der Waals surface area contributed by atoms with Gasteiger partial charge in [-0.15, -0.1) is 0 Å². The molecule has 2 aromatic carbocycles. The number of fused-ring (bicyclic) bond motifs is 1. The van der Waals surface area contributed by atoms with E-state index in [4.69, 9.17) is 21.2 Å². The Morgan fingerprint density at radius 1 is 1.00 bits per heavy atom. The Balaban J connectivity index is 1.31. The summed E-state index contributed by atoms with van der Waals surface area (Å²) < 4.78 is 7.85. The molecule has 2 heterocycles. The molecule has 37 heavy (non-hydrogen) atoms. The highest BCUT2D eigenvalue weighted by Gasteiger charge is 2.28. The first-order chi connectivity index (χ1) is 17.9. The Morgan fingerprint density at radius 2 is 1.68 bits per heavy atom. The molecule has 1 fully saturated rings. The molecule has 0 saturated heterocycles. The number of carbonyl (C=O) groups excluding carboxylic acids is 1. The Hall–Kier alpha value is -3.98. The SMILES string of the molecule is CC(C)[C@@H](N)C(=O)NC1CCC(n2ncc3c(N)nc(-c4ccc(Oc5ccccc5)cc4)nc32)CC1. The van der Waals surface area contributed by atoms with Crippen LogP contribution >= 0.6 is 0 Å². The third-order valence-corrected chi connectivity index (χ3v) is 6.98. The summed E-state index contributed by atoms with van der Waals surface area (Å²) in [7, 11) is 0. The molecule has 4 aromatic rings. The molecule has 1 atom stereocenters. The average molecular weight is 500 g/mol. The fourth-order valence-corrected chi connectivity index (χ4v) is 4.71. The maximum atomic E-state index is 12.4. The molecule has 5 rings (SSSR count). The van der Waals surface area contributed by atoms with Crippen LogP contribution in [0.4, 0.5) is 5.82 Å². The Bertz CT molecular complexity index is 1360. The van der Waals surface area contributed by atoms with Crippen LogP contribution in [0.5, 0.6) is 11.5 Å². The van der Waals surface area contributed by atoms with Crippen molar-refractivity contribution in [3.63, 3.8) is 0 Å². The number of nitrogens with two attached hydrogens (primary N) is 2. The molecule has 1 aliphatic rings. The van der Waals surface area contributed by atoms with Crippen LogP contribution in [0, 0.1) is 5.92 Å². The monoisotopic (exact) mass is 499 g/mol. The van der Waals surface area contributed by atoms with E-state index in [2.05, 4.69) is 15.4 Å². The zero-order valence-corrected chi connectivity index (χ0v) is 21.2. The summed E-state index contributed by atoms with van der Waals surface area (Å²) in [4.78, 5) is 21.7. The molecule has 0 aliphatic heterocycles. The summed E-state index contributed by atoms with van der Waals surface area (Å²) in [6.07, 6.45) is 5.21. The number of nitrogens with zero attached hydrogens (tertiary/aromatic N) is 4. The van der Waals surface area contributed by atoms with Crippen LogP contribution in [0.2, 0.25) is 0 Å². The third kappa shape index (κ3) is 5.41. The van der Waals surface area contributed by atoms with Gasteiger partial charge in [-0.3, -0.25) is 4.79 Å². The first-order valence-electron chi connectivity index (χ1n) is 12.8. The second-order valence-corrected chi connectivity index (χ2v) is 9.98. The summed E-state index contributed by atoms with van der Waals surface area (Å²) in [5.41, 5.74) is 13.9. The van der Waals surface area contributed by atoms with Crippen molar-refractivity contribution in [1.82, 2.24) is 25.1 Å². The highest BCUT2D eigenvalue weighted by Crippen LogP contribution is 2.32. The van der Waals surface area contributed by atoms with E-state index < -0.39 is 6.04 Å². The van der Waals surface area contributed by atoms with Gasteiger partial charge in [-0.25, -0.2) is 14.6 Å². The number of anilines is 1. The molecule has 0 bridgehead atoms. The predicted octanol–water partition coefficient (Wildman–Crippen LogP) is 4.45. The zero-order valence-electron chi connectivity index (χ0n) is 21.2. The molecule has 0 radical (unpaired) electrons. The van der Waals surface area contributed by atoms with Crippen LogP contribution in [0.25, 0.3) is 22.4 Å². The van der Waals surface area contributed by atoms with Gasteiger partial charge in [0.15, 0.2) is 11.5 Å². The van der Waals surface area contributed by atoms with Gasteiger partial charge in [-0.05, 0) is 68.0 Å². The summed E-state index contributed by atoms with van der Waals surface area (Å²) in [6, 6.07) is 17.1. The van der Waals surface area contributed by atoms with E-state index in [9.17, 15) is 4.79 Å². The first-order valence-corrected chi connectivity index (χ1v) is 12.8. The van der Waals surface area contributed by atoms with Gasteiger partial charge in [-0.2, -0.15) is 5.10 Å². The van der Waals surface area contributed by atoms with Crippen molar-refractivity contribution in [3.05, 3.63) is 60.8 Å². The number of carbonyl (C=O) groups is 1. The fourth-order valence-electron chi connectivity index (χ4n) is 4.71. The average Bonchev–Trinajstić information content (AvgIpc) is 3.34. The maximum Gasteiger partial charge on any atom is 0.237 e. The molecule has 9 nitrogen and oxygen atoms in total. The number of hydrogen-bond acceptors (Lipinski definition) is 7. The number of hydrogen-bond donors (Lipinski definition) is 3. The third-order valence-electron chi connectivity index (χ3n) is 6.98. The number of nitrogen functional groups attached to an aromatic ring is 1. The van der Waals surface area contributed by atoms with Gasteiger partial charge in [-0.1, -0.05) is 32.0 Å². The molecular formula is C28H33N7O2. The smallest absolute Gasteiger partial charge is 0.237 e. The molecule has 1 saturated carbocycles. The van der Waals surface area contributed by atoms with E-state index in [0.717, 1.165) is 53.8 Å². The van der Waals surface area contributed by atoms with Gasteiger partial charge in [0.05, 0.1) is 23.7 Å². The number of aromatic nitrogens is 4. The van der Waals surface area contributed by atoms with Gasteiger partial charge in [0.2, 0.25) is 5.91 Å². The van der Waals surface area contributed by atoms with E-state index in [0.29, 0.717) is 11.6 Å². The van der Waals surface area contributed by atoms with Crippen molar-refractivity contribution < 1.29 is 9.53 Å². The molecule has 192 valence electrons. The number of amides is 1. The predicted molar refractivity (Wildman–Crippen MR) is 144 cm³/mol. The van der Waals surface area contributed by atoms with Crippen LogP contribution in [-0.2, 0) is 4.79 Å². The van der Waals surface area contributed by atoms with Crippen molar-refractivity contribution in [2.24, 2.45) is 11.7 Å². The molecular weight excluding hydrogens is 466 g/mol. The Kier molecular flexibility index (Phi) is 7.05. The van der Waals surface area contributed by atoms with Crippen LogP contribution in [-0.4, -0.2) is 37.7 Å². The lowest BCUT2D eigenvalue weighted by Crippen LogP contribution is -2.48. The molecule has 0 unspecified atom stereocenters. The molecule has 9 heteroatoms. The van der Waals surface area contributed by atoms with Crippen molar-refractivity contribution in [1.29, 1.82) is 0 Å². The molecule has 0 spiro atoms. The van der Waals surface area contributed by atoms with E-state index in [1.165, 1.54) is 0 Å². The lowest BCUT2D eigenvalue weighted by molar-refractivity contribution is -0.124. The Labute approximate surface area is 216 Å². The lowest BCUT2D eigenvalue weighted by atomic mass is 9.90. The molecule has 1 aliphatic carbocycles. The largest absolute Gasteiger partial charge is 0.457 e. The quantitative estimate of drug-likeness (QED) is 0.342. The van der Waals surface area contributed by atoms with Gasteiger partial charge in [0.25, 0.3) is 0 Å². The van der Waals surface area contributed by atoms with Crippen molar-refractivity contribution in [3.8, 4) is 22.9 Å². The summed E-state index contributed by atoms with van der Waals surface area (Å²) in [6.45, 7) is 3.91. The fraction of sp³-hybridized carbons (Fsp3) is 0.357. The van der Waals surface area contributed by atoms with E-state index in [1.807, 2.05) is 73.1 Å². The van der Waals surface area contributed by atoms with E-state index in [1.54, 1.807) is 6.20 Å². The molecule has 2 aromatic heterocycles. The van der Waals surface area contributed by atoms with Gasteiger partial charge in [0, 0.05) is 11.6 Å². The maximum absolute atomic E-state index is 12.4. The van der Waals surface area contributed by atoms with Crippen LogP contribution in [0.3, 0.4) is 0 Å². The van der Waals surface area contributed by atoms with E-state index in [-0.39, 0.29) is 23.9 Å². The minimum absolute atomic E-state index is 0.0756. The topological polar surface area (TPSA) is 134 Å². The van der Waals surface area contributed by atoms with Gasteiger partial charge in [0.1, 0.15) is 17.3 Å². The highest BCUT2D eigenvalue weighted by molar-refractivity contribution is 5.87. The van der Waals surface area contributed by atoms with E-state index >= 15 is 0 Å². The van der Waals surface area contributed by atoms with Crippen molar-refractivity contribution >= 4 is 22.8 Å². The summed E-state index contributed by atoms with van der Waals surface area (Å²) >= 11 is 0. The number of nitrogens with one attached hydrogen (secondary N) is 1. The lowest BCUT2D eigenvalue weighted by Gasteiger charge is -2.30. The number of benzene rings is 2. The highest BCUT2D eigenvalue weighted by atomic mass is 16.5. The van der Waals surface area contributed by atoms with Crippen LogP contribution in [0.15, 0.2) is 60.8 Å². The van der Waals surface area contributed by atoms with Gasteiger partial charge < -0.3 is 21.5 Å². The van der Waals surface area contributed by atoms with Crippen LogP contribution in [0.1, 0.15) is 45.6 Å². The van der Waals surface area contributed by atoms with Crippen molar-refractivity contribution in [2.75, 3.05) is 5.73 Å². The summed E-state index contributed by atoms with van der Waals surface area (Å²) in [5, 5.41) is 8.47. The molecule has 5 N–H and O–H groups in total. The van der Waals surface area contributed by atoms with Crippen molar-refractivity contribution in [2.45, 2.75) is 57.7 Å². The Morgan fingerprint density at radius 3 is 2.35 bits per heavy atom. The van der Waals surface area contributed by atoms with Crippen LogP contribution < -0.4 is 21.5 Å². The second-order valence-electron chi connectivity index (χ2n) is 9.98. The zero-order chi connectivity index (χ0) is 25.9. The van der Waals surface area contributed by atoms with Gasteiger partial charge >= 0.3 is 0 Å². The number of ether oxygens (including phenoxy) is 1. The molecule has 1 amide bonds. The number of rotatable bonds is 7.